The third-order valence-corrected chi connectivity index (χ3v) is 1.07. The SMILES string of the molecule is O=C1CC=CC(=S)N1. The summed E-state index contributed by atoms with van der Waals surface area (Å²) in [6.45, 7) is 0. The molecule has 1 aliphatic rings. The van der Waals surface area contributed by atoms with Crippen molar-refractivity contribution in [1.82, 2.24) is 5.32 Å². The number of amides is 1. The third kappa shape index (κ3) is 1.13. The van der Waals surface area contributed by atoms with Crippen molar-refractivity contribution in [3.63, 3.8) is 0 Å². The van der Waals surface area contributed by atoms with Crippen LogP contribution in [-0.2, 0) is 4.79 Å². The minimum atomic E-state index is -0.0162. The fourth-order valence-electron chi connectivity index (χ4n) is 0.503. The molecule has 0 aromatic rings. The van der Waals surface area contributed by atoms with E-state index in [0.717, 1.165) is 0 Å². The van der Waals surface area contributed by atoms with E-state index in [0.29, 0.717) is 11.4 Å². The highest BCUT2D eigenvalue weighted by molar-refractivity contribution is 7.80. The summed E-state index contributed by atoms with van der Waals surface area (Å²) in [5.74, 6) is -0.0162. The van der Waals surface area contributed by atoms with E-state index in [2.05, 4.69) is 17.5 Å². The Bertz CT molecular complexity index is 162. The van der Waals surface area contributed by atoms with E-state index in [-0.39, 0.29) is 5.91 Å². The van der Waals surface area contributed by atoms with Crippen LogP contribution in [0.15, 0.2) is 12.2 Å². The van der Waals surface area contributed by atoms with Crippen LogP contribution in [0.5, 0.6) is 0 Å². The van der Waals surface area contributed by atoms with Crippen molar-refractivity contribution < 1.29 is 4.79 Å². The normalized spacial score (nSPS) is 18.5. The zero-order valence-corrected chi connectivity index (χ0v) is 4.99. The smallest absolute Gasteiger partial charge is 0.228 e. The highest BCUT2D eigenvalue weighted by atomic mass is 32.1. The van der Waals surface area contributed by atoms with Crippen LogP contribution in [0, 0.1) is 0 Å². The van der Waals surface area contributed by atoms with E-state index in [1.165, 1.54) is 0 Å². The van der Waals surface area contributed by atoms with Crippen molar-refractivity contribution in [2.45, 2.75) is 6.42 Å². The summed E-state index contributed by atoms with van der Waals surface area (Å²) in [5.41, 5.74) is 0. The lowest BCUT2D eigenvalue weighted by Crippen LogP contribution is -2.29. The molecule has 0 unspecified atom stereocenters. The molecule has 1 heterocycles. The van der Waals surface area contributed by atoms with Crippen molar-refractivity contribution in [3.05, 3.63) is 12.2 Å². The second-order valence-corrected chi connectivity index (χ2v) is 1.96. The van der Waals surface area contributed by atoms with E-state index < -0.39 is 0 Å². The molecule has 0 saturated carbocycles. The number of thiocarbonyl (C=S) groups is 1. The van der Waals surface area contributed by atoms with Gasteiger partial charge >= 0.3 is 0 Å². The molecule has 0 aromatic carbocycles. The van der Waals surface area contributed by atoms with Gasteiger partial charge in [0.15, 0.2) is 0 Å². The topological polar surface area (TPSA) is 29.1 Å². The first-order valence-electron chi connectivity index (χ1n) is 2.29. The highest BCUT2D eigenvalue weighted by Gasteiger charge is 2.03. The Hall–Kier alpha value is -0.700. The molecule has 0 aliphatic carbocycles. The van der Waals surface area contributed by atoms with Gasteiger partial charge in [0.1, 0.15) is 4.99 Å². The third-order valence-electron chi connectivity index (χ3n) is 0.835. The molecule has 1 aliphatic heterocycles. The van der Waals surface area contributed by atoms with E-state index in [9.17, 15) is 4.79 Å². The molecule has 1 N–H and O–H groups in total. The van der Waals surface area contributed by atoms with Gasteiger partial charge in [-0.1, -0.05) is 18.3 Å². The molecule has 0 fully saturated rings. The number of carbonyl (C=O) groups is 1. The fraction of sp³-hybridized carbons (Fsp3) is 0.200. The van der Waals surface area contributed by atoms with Gasteiger partial charge in [0.2, 0.25) is 5.91 Å². The summed E-state index contributed by atoms with van der Waals surface area (Å²) in [7, 11) is 0. The summed E-state index contributed by atoms with van der Waals surface area (Å²) >= 11 is 4.66. The van der Waals surface area contributed by atoms with Crippen molar-refractivity contribution in [3.8, 4) is 0 Å². The predicted molar refractivity (Wildman–Crippen MR) is 34.5 cm³/mol. The van der Waals surface area contributed by atoms with Gasteiger partial charge < -0.3 is 5.32 Å². The van der Waals surface area contributed by atoms with Gasteiger partial charge in [-0.3, -0.25) is 4.79 Å². The van der Waals surface area contributed by atoms with Gasteiger partial charge in [-0.05, 0) is 6.08 Å². The molecule has 1 rings (SSSR count). The maximum Gasteiger partial charge on any atom is 0.228 e. The second kappa shape index (κ2) is 2.05. The zero-order valence-electron chi connectivity index (χ0n) is 4.18. The first-order chi connectivity index (χ1) is 3.79. The minimum Gasteiger partial charge on any atom is -0.317 e. The number of hydrogen-bond acceptors (Lipinski definition) is 2. The maximum absolute atomic E-state index is 10.4. The molecule has 8 heavy (non-hydrogen) atoms. The average molecular weight is 127 g/mol. The van der Waals surface area contributed by atoms with Crippen molar-refractivity contribution >= 4 is 23.1 Å². The molecular weight excluding hydrogens is 122 g/mol. The predicted octanol–water partition coefficient (Wildman–Crippen LogP) is 0.390. The molecule has 0 spiro atoms. The van der Waals surface area contributed by atoms with Gasteiger partial charge in [-0.2, -0.15) is 0 Å². The molecule has 2 nitrogen and oxygen atoms in total. The Morgan fingerprint density at radius 2 is 2.50 bits per heavy atom. The van der Waals surface area contributed by atoms with Crippen molar-refractivity contribution in [1.29, 1.82) is 0 Å². The molecule has 1 amide bonds. The van der Waals surface area contributed by atoms with Gasteiger partial charge in [-0.25, -0.2) is 0 Å². The Labute approximate surface area is 52.6 Å². The fourth-order valence-corrected chi connectivity index (χ4v) is 0.713. The van der Waals surface area contributed by atoms with Crippen LogP contribution in [0.1, 0.15) is 6.42 Å². The van der Waals surface area contributed by atoms with Crippen molar-refractivity contribution in [2.75, 3.05) is 0 Å². The molecule has 0 bridgehead atoms. The Morgan fingerprint density at radius 1 is 1.75 bits per heavy atom. The Kier molecular flexibility index (Phi) is 1.39. The Morgan fingerprint density at radius 3 is 2.88 bits per heavy atom. The van der Waals surface area contributed by atoms with Crippen molar-refractivity contribution in [2.24, 2.45) is 0 Å². The lowest BCUT2D eigenvalue weighted by atomic mass is 10.3. The van der Waals surface area contributed by atoms with Gasteiger partial charge in [0.05, 0.1) is 0 Å². The first kappa shape index (κ1) is 5.44. The number of rotatable bonds is 0. The molecule has 3 heteroatoms. The Balaban J connectivity index is 2.68. The minimum absolute atomic E-state index is 0.0162. The van der Waals surface area contributed by atoms with E-state index in [4.69, 9.17) is 0 Å². The van der Waals surface area contributed by atoms with E-state index in [1.54, 1.807) is 12.2 Å². The van der Waals surface area contributed by atoms with E-state index >= 15 is 0 Å². The van der Waals surface area contributed by atoms with Crippen LogP contribution in [0.3, 0.4) is 0 Å². The monoisotopic (exact) mass is 127 g/mol. The number of nitrogens with one attached hydrogen (secondary N) is 1. The molecular formula is C5H5NOS. The zero-order chi connectivity index (χ0) is 5.98. The first-order valence-corrected chi connectivity index (χ1v) is 2.70. The lowest BCUT2D eigenvalue weighted by molar-refractivity contribution is -0.118. The standard InChI is InChI=1S/C5H5NOS/c7-4-2-1-3-5(8)6-4/h1,3H,2H2,(H,6,7,8). The van der Waals surface area contributed by atoms with E-state index in [1.807, 2.05) is 0 Å². The molecule has 42 valence electrons. The quantitative estimate of drug-likeness (QED) is 0.477. The number of hydrogen-bond donors (Lipinski definition) is 1. The van der Waals surface area contributed by atoms with Gasteiger partial charge in [-0.15, -0.1) is 0 Å². The van der Waals surface area contributed by atoms with Crippen LogP contribution in [0.2, 0.25) is 0 Å². The summed E-state index contributed by atoms with van der Waals surface area (Å²) in [5, 5.41) is 2.48. The summed E-state index contributed by atoms with van der Waals surface area (Å²) in [6, 6.07) is 0. The lowest BCUT2D eigenvalue weighted by Gasteiger charge is -2.03. The van der Waals surface area contributed by atoms with Gasteiger partial charge in [0, 0.05) is 6.42 Å². The van der Waals surface area contributed by atoms with Crippen LogP contribution in [0.25, 0.3) is 0 Å². The van der Waals surface area contributed by atoms with Gasteiger partial charge in [0.25, 0.3) is 0 Å². The highest BCUT2D eigenvalue weighted by Crippen LogP contribution is 1.91. The summed E-state index contributed by atoms with van der Waals surface area (Å²) in [4.78, 5) is 10.9. The molecule has 0 saturated heterocycles. The number of carbonyl (C=O) groups excluding carboxylic acids is 1. The summed E-state index contributed by atoms with van der Waals surface area (Å²) in [6.07, 6.45) is 3.93. The molecule has 0 aromatic heterocycles. The second-order valence-electron chi connectivity index (χ2n) is 1.52. The molecule has 0 radical (unpaired) electrons. The van der Waals surface area contributed by atoms with Crippen LogP contribution in [0.4, 0.5) is 0 Å². The van der Waals surface area contributed by atoms with Crippen LogP contribution in [-0.4, -0.2) is 10.9 Å². The molecule has 0 atom stereocenters. The maximum atomic E-state index is 10.4. The van der Waals surface area contributed by atoms with Crippen LogP contribution < -0.4 is 5.32 Å². The summed E-state index contributed by atoms with van der Waals surface area (Å²) < 4.78 is 0. The largest absolute Gasteiger partial charge is 0.317 e. The van der Waals surface area contributed by atoms with Crippen LogP contribution >= 0.6 is 12.2 Å². The average Bonchev–Trinajstić information content (AvgIpc) is 1.64.